The maximum absolute atomic E-state index is 12.2. The highest BCUT2D eigenvalue weighted by molar-refractivity contribution is 5.97. The number of aromatic hydroxyl groups is 1. The zero-order valence-electron chi connectivity index (χ0n) is 13.3. The zero-order valence-corrected chi connectivity index (χ0v) is 13.3. The number of nitrogens with one attached hydrogen (secondary N) is 1. The molecule has 0 unspecified atom stereocenters. The Morgan fingerprint density at radius 2 is 1.48 bits per heavy atom. The van der Waals surface area contributed by atoms with Gasteiger partial charge in [-0.05, 0) is 41.8 Å². The summed E-state index contributed by atoms with van der Waals surface area (Å²) in [6.07, 6.45) is -0.338. The normalized spacial score (nSPS) is 11.5. The van der Waals surface area contributed by atoms with Gasteiger partial charge in [-0.2, -0.15) is 0 Å². The van der Waals surface area contributed by atoms with Crippen molar-refractivity contribution in [2.45, 2.75) is 18.9 Å². The van der Waals surface area contributed by atoms with Gasteiger partial charge in [-0.15, -0.1) is 0 Å². The molecule has 0 radical (unpaired) electrons. The van der Waals surface area contributed by atoms with Crippen LogP contribution in [0.2, 0.25) is 0 Å². The monoisotopic (exact) mass is 342 g/mol. The number of rotatable bonds is 7. The maximum atomic E-state index is 12.2. The van der Waals surface area contributed by atoms with Crippen LogP contribution in [0.15, 0.2) is 48.5 Å². The quantitative estimate of drug-likeness (QED) is 0.606. The maximum Gasteiger partial charge on any atom is 0.303 e. The highest BCUT2D eigenvalue weighted by atomic mass is 16.4. The van der Waals surface area contributed by atoms with Crippen molar-refractivity contribution in [3.05, 3.63) is 54.1 Å². The van der Waals surface area contributed by atoms with Crippen LogP contribution in [0, 0.1) is 0 Å². The van der Waals surface area contributed by atoms with Gasteiger partial charge in [-0.3, -0.25) is 14.4 Å². The second kappa shape index (κ2) is 7.96. The molecule has 25 heavy (non-hydrogen) atoms. The van der Waals surface area contributed by atoms with Crippen molar-refractivity contribution in [2.24, 2.45) is 5.73 Å². The molecule has 2 aromatic carbocycles. The Balaban J connectivity index is 2.07. The van der Waals surface area contributed by atoms with E-state index in [4.69, 9.17) is 10.8 Å². The van der Waals surface area contributed by atoms with Crippen molar-refractivity contribution in [1.29, 1.82) is 0 Å². The number of phenolic OH excluding ortho intramolecular Hbond substituents is 1. The lowest BCUT2D eigenvalue weighted by molar-refractivity contribution is -0.137. The number of carboxylic acid groups (broad SMARTS) is 1. The molecule has 0 aliphatic carbocycles. The summed E-state index contributed by atoms with van der Waals surface area (Å²) >= 11 is 0. The van der Waals surface area contributed by atoms with Crippen LogP contribution in [0.5, 0.6) is 5.75 Å². The number of hydrogen-bond acceptors (Lipinski definition) is 4. The zero-order chi connectivity index (χ0) is 18.4. The van der Waals surface area contributed by atoms with E-state index in [0.29, 0.717) is 5.56 Å². The number of phenols is 1. The number of carbonyl (C=O) groups excluding carboxylic acids is 2. The fourth-order valence-corrected chi connectivity index (χ4v) is 2.26. The molecular formula is C18H18N2O5. The molecular weight excluding hydrogens is 324 g/mol. The molecule has 1 atom stereocenters. The van der Waals surface area contributed by atoms with E-state index in [0.717, 1.165) is 11.1 Å². The van der Waals surface area contributed by atoms with E-state index in [1.807, 2.05) is 0 Å². The molecule has 2 aromatic rings. The highest BCUT2D eigenvalue weighted by Crippen LogP contribution is 2.22. The van der Waals surface area contributed by atoms with Crippen LogP contribution in [0.3, 0.4) is 0 Å². The summed E-state index contributed by atoms with van der Waals surface area (Å²) in [5.41, 5.74) is 7.25. The molecule has 0 saturated carbocycles. The molecule has 5 N–H and O–H groups in total. The van der Waals surface area contributed by atoms with Gasteiger partial charge in [0.1, 0.15) is 11.8 Å². The summed E-state index contributed by atoms with van der Waals surface area (Å²) in [5, 5.41) is 20.4. The van der Waals surface area contributed by atoms with E-state index in [1.54, 1.807) is 48.5 Å². The molecule has 0 aliphatic heterocycles. The molecule has 2 amide bonds. The lowest BCUT2D eigenvalue weighted by atomic mass is 10.0. The Hall–Kier alpha value is -3.35. The molecule has 0 aromatic heterocycles. The van der Waals surface area contributed by atoms with E-state index < -0.39 is 23.8 Å². The summed E-state index contributed by atoms with van der Waals surface area (Å²) in [7, 11) is 0. The van der Waals surface area contributed by atoms with Crippen molar-refractivity contribution < 1.29 is 24.6 Å². The molecule has 0 saturated heterocycles. The SMILES string of the molecule is NC(=O)[C@H](CCC(=O)O)NC(=O)c1ccc(-c2ccc(O)cc2)cc1. The molecule has 0 spiro atoms. The van der Waals surface area contributed by atoms with Crippen molar-refractivity contribution >= 4 is 17.8 Å². The van der Waals surface area contributed by atoms with Gasteiger partial charge in [-0.25, -0.2) is 0 Å². The van der Waals surface area contributed by atoms with Gasteiger partial charge in [0.05, 0.1) is 0 Å². The van der Waals surface area contributed by atoms with Gasteiger partial charge in [0.2, 0.25) is 5.91 Å². The third-order valence-electron chi connectivity index (χ3n) is 3.64. The highest BCUT2D eigenvalue weighted by Gasteiger charge is 2.20. The minimum atomic E-state index is -1.07. The molecule has 0 fully saturated rings. The second-order valence-corrected chi connectivity index (χ2v) is 5.49. The van der Waals surface area contributed by atoms with Crippen LogP contribution in [0.25, 0.3) is 11.1 Å². The average Bonchev–Trinajstić information content (AvgIpc) is 2.58. The smallest absolute Gasteiger partial charge is 0.303 e. The number of primary amides is 1. The first-order valence-corrected chi connectivity index (χ1v) is 7.58. The molecule has 7 heteroatoms. The predicted molar refractivity (Wildman–Crippen MR) is 90.9 cm³/mol. The van der Waals surface area contributed by atoms with E-state index >= 15 is 0 Å². The van der Waals surface area contributed by atoms with Gasteiger partial charge in [-0.1, -0.05) is 24.3 Å². The van der Waals surface area contributed by atoms with E-state index in [-0.39, 0.29) is 18.6 Å². The first kappa shape index (κ1) is 18.0. The molecule has 2 rings (SSSR count). The number of benzene rings is 2. The molecule has 0 heterocycles. The Morgan fingerprint density at radius 1 is 0.960 bits per heavy atom. The van der Waals surface area contributed by atoms with Crippen LogP contribution >= 0.6 is 0 Å². The van der Waals surface area contributed by atoms with Gasteiger partial charge in [0.15, 0.2) is 0 Å². The van der Waals surface area contributed by atoms with Gasteiger partial charge < -0.3 is 21.3 Å². The number of carbonyl (C=O) groups is 3. The fourth-order valence-electron chi connectivity index (χ4n) is 2.26. The lowest BCUT2D eigenvalue weighted by Gasteiger charge is -2.14. The summed E-state index contributed by atoms with van der Waals surface area (Å²) in [6.45, 7) is 0. The molecule has 130 valence electrons. The topological polar surface area (TPSA) is 130 Å². The number of aliphatic carboxylic acids is 1. The van der Waals surface area contributed by atoms with Crippen molar-refractivity contribution in [3.8, 4) is 16.9 Å². The number of hydrogen-bond donors (Lipinski definition) is 4. The molecule has 0 bridgehead atoms. The summed E-state index contributed by atoms with van der Waals surface area (Å²) < 4.78 is 0. The first-order chi connectivity index (χ1) is 11.9. The third kappa shape index (κ3) is 5.07. The number of amides is 2. The minimum absolute atomic E-state index is 0.0675. The van der Waals surface area contributed by atoms with E-state index in [9.17, 15) is 19.5 Å². The number of carboxylic acids is 1. The average molecular weight is 342 g/mol. The van der Waals surface area contributed by atoms with Crippen LogP contribution in [-0.4, -0.2) is 34.0 Å². The summed E-state index contributed by atoms with van der Waals surface area (Å²) in [6, 6.07) is 12.2. The summed E-state index contributed by atoms with van der Waals surface area (Å²) in [4.78, 5) is 34.1. The van der Waals surface area contributed by atoms with Crippen molar-refractivity contribution in [3.63, 3.8) is 0 Å². The van der Waals surface area contributed by atoms with Gasteiger partial charge in [0.25, 0.3) is 5.91 Å². The van der Waals surface area contributed by atoms with Crippen LogP contribution in [0.4, 0.5) is 0 Å². The molecule has 7 nitrogen and oxygen atoms in total. The van der Waals surface area contributed by atoms with E-state index in [1.165, 1.54) is 0 Å². The lowest BCUT2D eigenvalue weighted by Crippen LogP contribution is -2.44. The predicted octanol–water partition coefficient (Wildman–Crippen LogP) is 1.51. The van der Waals surface area contributed by atoms with E-state index in [2.05, 4.69) is 5.32 Å². The third-order valence-corrected chi connectivity index (χ3v) is 3.64. The second-order valence-electron chi connectivity index (χ2n) is 5.49. The Kier molecular flexibility index (Phi) is 5.73. The molecule has 0 aliphatic rings. The van der Waals surface area contributed by atoms with Crippen LogP contribution < -0.4 is 11.1 Å². The Morgan fingerprint density at radius 3 is 1.96 bits per heavy atom. The van der Waals surface area contributed by atoms with Crippen molar-refractivity contribution in [2.75, 3.05) is 0 Å². The van der Waals surface area contributed by atoms with Crippen LogP contribution in [0.1, 0.15) is 23.2 Å². The largest absolute Gasteiger partial charge is 0.508 e. The van der Waals surface area contributed by atoms with Gasteiger partial charge >= 0.3 is 5.97 Å². The Bertz CT molecular complexity index is 769. The fraction of sp³-hybridized carbons (Fsp3) is 0.167. The summed E-state index contributed by atoms with van der Waals surface area (Å²) in [5.74, 6) is -2.20. The van der Waals surface area contributed by atoms with Crippen molar-refractivity contribution in [1.82, 2.24) is 5.32 Å². The minimum Gasteiger partial charge on any atom is -0.508 e. The standard InChI is InChI=1S/C18H18N2O5/c19-17(24)15(9-10-16(22)23)20-18(25)13-3-1-11(2-4-13)12-5-7-14(21)8-6-12/h1-8,15,21H,9-10H2,(H2,19,24)(H,20,25)(H,22,23)/t15-/m0/s1. The van der Waals surface area contributed by atoms with Gasteiger partial charge in [0, 0.05) is 12.0 Å². The number of nitrogens with two attached hydrogens (primary N) is 1. The Labute approximate surface area is 144 Å². The van der Waals surface area contributed by atoms with Crippen LogP contribution in [-0.2, 0) is 9.59 Å². The first-order valence-electron chi connectivity index (χ1n) is 7.58.